The Hall–Kier alpha value is -0.510. The van der Waals surface area contributed by atoms with Crippen molar-refractivity contribution in [2.45, 2.75) is 18.9 Å². The Labute approximate surface area is 104 Å². The molecule has 1 saturated carbocycles. The fourth-order valence-electron chi connectivity index (χ4n) is 2.64. The summed E-state index contributed by atoms with van der Waals surface area (Å²) in [6.45, 7) is 0. The maximum atomic E-state index is 3.62. The monoisotopic (exact) mass is 311 g/mol. The SMILES string of the molecule is Ic1ccc(NC2CC3CC=CC32)cc1. The number of benzene rings is 1. The van der Waals surface area contributed by atoms with Gasteiger partial charge in [0.25, 0.3) is 0 Å². The van der Waals surface area contributed by atoms with Gasteiger partial charge in [0.15, 0.2) is 0 Å². The van der Waals surface area contributed by atoms with Crippen LogP contribution in [0.4, 0.5) is 5.69 Å². The minimum absolute atomic E-state index is 0.675. The Morgan fingerprint density at radius 1 is 1.20 bits per heavy atom. The van der Waals surface area contributed by atoms with Crippen molar-refractivity contribution >= 4 is 28.3 Å². The molecule has 1 aromatic carbocycles. The molecule has 0 amide bonds. The van der Waals surface area contributed by atoms with Crippen LogP contribution < -0.4 is 5.32 Å². The molecular formula is C13H14IN. The van der Waals surface area contributed by atoms with Crippen molar-refractivity contribution in [2.75, 3.05) is 5.32 Å². The van der Waals surface area contributed by atoms with E-state index in [4.69, 9.17) is 0 Å². The zero-order chi connectivity index (χ0) is 10.3. The number of nitrogens with one attached hydrogen (secondary N) is 1. The molecule has 1 N–H and O–H groups in total. The summed E-state index contributed by atoms with van der Waals surface area (Å²) in [4.78, 5) is 0. The maximum Gasteiger partial charge on any atom is 0.0343 e. The highest BCUT2D eigenvalue weighted by Gasteiger charge is 2.40. The molecule has 0 saturated heterocycles. The molecule has 78 valence electrons. The Balaban J connectivity index is 1.66. The fourth-order valence-corrected chi connectivity index (χ4v) is 3.00. The van der Waals surface area contributed by atoms with Crippen molar-refractivity contribution in [3.8, 4) is 0 Å². The first-order chi connectivity index (χ1) is 7.33. The number of halogens is 1. The Morgan fingerprint density at radius 3 is 2.73 bits per heavy atom. The zero-order valence-corrected chi connectivity index (χ0v) is 10.6. The summed E-state index contributed by atoms with van der Waals surface area (Å²) >= 11 is 2.34. The molecular weight excluding hydrogens is 297 g/mol. The van der Waals surface area contributed by atoms with E-state index in [1.54, 1.807) is 0 Å². The number of hydrogen-bond donors (Lipinski definition) is 1. The molecule has 0 radical (unpaired) electrons. The lowest BCUT2D eigenvalue weighted by Gasteiger charge is -2.41. The lowest BCUT2D eigenvalue weighted by molar-refractivity contribution is 0.218. The summed E-state index contributed by atoms with van der Waals surface area (Å²) in [5, 5.41) is 3.62. The van der Waals surface area contributed by atoms with Gasteiger partial charge in [-0.3, -0.25) is 0 Å². The van der Waals surface area contributed by atoms with Gasteiger partial charge >= 0.3 is 0 Å². The van der Waals surface area contributed by atoms with Gasteiger partial charge < -0.3 is 5.32 Å². The smallest absolute Gasteiger partial charge is 0.0343 e. The van der Waals surface area contributed by atoms with Gasteiger partial charge in [-0.05, 0) is 65.6 Å². The van der Waals surface area contributed by atoms with E-state index in [2.05, 4.69) is 64.3 Å². The molecule has 1 aromatic rings. The minimum Gasteiger partial charge on any atom is -0.382 e. The zero-order valence-electron chi connectivity index (χ0n) is 8.49. The summed E-state index contributed by atoms with van der Waals surface area (Å²) in [6, 6.07) is 9.34. The highest BCUT2D eigenvalue weighted by atomic mass is 127. The molecule has 1 fully saturated rings. The predicted octanol–water partition coefficient (Wildman–Crippen LogP) is 3.67. The summed E-state index contributed by atoms with van der Waals surface area (Å²) in [7, 11) is 0. The molecule has 0 aromatic heterocycles. The second kappa shape index (κ2) is 3.81. The average molecular weight is 311 g/mol. The van der Waals surface area contributed by atoms with Gasteiger partial charge in [-0.1, -0.05) is 12.2 Å². The highest BCUT2D eigenvalue weighted by molar-refractivity contribution is 14.1. The Kier molecular flexibility index (Phi) is 2.47. The van der Waals surface area contributed by atoms with Gasteiger partial charge in [0.2, 0.25) is 0 Å². The van der Waals surface area contributed by atoms with Gasteiger partial charge in [0.1, 0.15) is 0 Å². The van der Waals surface area contributed by atoms with E-state index in [9.17, 15) is 0 Å². The van der Waals surface area contributed by atoms with Gasteiger partial charge in [-0.15, -0.1) is 0 Å². The molecule has 2 aliphatic carbocycles. The van der Waals surface area contributed by atoms with E-state index < -0.39 is 0 Å². The number of fused-ring (bicyclic) bond motifs is 1. The van der Waals surface area contributed by atoms with Crippen LogP contribution >= 0.6 is 22.6 Å². The van der Waals surface area contributed by atoms with E-state index in [0.717, 1.165) is 11.8 Å². The third-order valence-electron chi connectivity index (χ3n) is 3.56. The molecule has 2 heteroatoms. The first-order valence-corrected chi connectivity index (χ1v) is 6.59. The van der Waals surface area contributed by atoms with Gasteiger partial charge in [-0.2, -0.15) is 0 Å². The van der Waals surface area contributed by atoms with Crippen LogP contribution in [0.15, 0.2) is 36.4 Å². The first-order valence-electron chi connectivity index (χ1n) is 5.52. The quantitative estimate of drug-likeness (QED) is 0.649. The summed E-state index contributed by atoms with van der Waals surface area (Å²) in [5.74, 6) is 1.73. The average Bonchev–Trinajstić information content (AvgIpc) is 2.59. The van der Waals surface area contributed by atoms with E-state index in [1.165, 1.54) is 22.1 Å². The maximum absolute atomic E-state index is 3.62. The lowest BCUT2D eigenvalue weighted by Crippen LogP contribution is -2.43. The topological polar surface area (TPSA) is 12.0 Å². The van der Waals surface area contributed by atoms with Crippen molar-refractivity contribution in [2.24, 2.45) is 11.8 Å². The van der Waals surface area contributed by atoms with Crippen molar-refractivity contribution < 1.29 is 0 Å². The summed E-state index contributed by atoms with van der Waals surface area (Å²) in [5.41, 5.74) is 1.26. The van der Waals surface area contributed by atoms with Crippen LogP contribution in [0.5, 0.6) is 0 Å². The lowest BCUT2D eigenvalue weighted by atomic mass is 9.71. The second-order valence-electron chi connectivity index (χ2n) is 4.49. The number of allylic oxidation sites excluding steroid dienone is 1. The normalized spacial score (nSPS) is 32.2. The van der Waals surface area contributed by atoms with Gasteiger partial charge in [0, 0.05) is 21.2 Å². The van der Waals surface area contributed by atoms with Crippen LogP contribution in [-0.4, -0.2) is 6.04 Å². The van der Waals surface area contributed by atoms with Crippen molar-refractivity contribution in [3.63, 3.8) is 0 Å². The Morgan fingerprint density at radius 2 is 2.00 bits per heavy atom. The van der Waals surface area contributed by atoms with Gasteiger partial charge in [0.05, 0.1) is 0 Å². The first kappa shape index (κ1) is 9.70. The molecule has 0 spiro atoms. The predicted molar refractivity (Wildman–Crippen MR) is 71.9 cm³/mol. The van der Waals surface area contributed by atoms with E-state index in [-0.39, 0.29) is 0 Å². The van der Waals surface area contributed by atoms with E-state index in [1.807, 2.05) is 0 Å². The van der Waals surface area contributed by atoms with Crippen LogP contribution in [0, 0.1) is 15.4 Å². The highest BCUT2D eigenvalue weighted by Crippen LogP contribution is 2.43. The third kappa shape index (κ3) is 1.80. The van der Waals surface area contributed by atoms with Crippen molar-refractivity contribution in [1.82, 2.24) is 0 Å². The third-order valence-corrected chi connectivity index (χ3v) is 4.28. The van der Waals surface area contributed by atoms with Crippen molar-refractivity contribution in [3.05, 3.63) is 40.0 Å². The van der Waals surface area contributed by atoms with Crippen LogP contribution in [0.25, 0.3) is 0 Å². The Bertz CT molecular complexity index is 382. The number of rotatable bonds is 2. The molecule has 15 heavy (non-hydrogen) atoms. The minimum atomic E-state index is 0.675. The molecule has 0 heterocycles. The molecule has 3 unspecified atom stereocenters. The van der Waals surface area contributed by atoms with Crippen LogP contribution in [0.1, 0.15) is 12.8 Å². The van der Waals surface area contributed by atoms with Crippen LogP contribution in [-0.2, 0) is 0 Å². The number of hydrogen-bond acceptors (Lipinski definition) is 1. The van der Waals surface area contributed by atoms with Crippen molar-refractivity contribution in [1.29, 1.82) is 0 Å². The molecule has 2 aliphatic rings. The van der Waals surface area contributed by atoms with Crippen LogP contribution in [0.2, 0.25) is 0 Å². The number of anilines is 1. The summed E-state index contributed by atoms with van der Waals surface area (Å²) < 4.78 is 1.30. The molecule has 0 aliphatic heterocycles. The standard InChI is InChI=1S/C13H14IN/c14-10-4-6-11(7-5-10)15-13-8-9-2-1-3-12(9)13/h1,3-7,9,12-13,15H,2,8H2. The summed E-state index contributed by atoms with van der Waals surface area (Å²) in [6.07, 6.45) is 7.36. The molecule has 0 bridgehead atoms. The van der Waals surface area contributed by atoms with E-state index in [0.29, 0.717) is 6.04 Å². The van der Waals surface area contributed by atoms with Gasteiger partial charge in [-0.25, -0.2) is 0 Å². The van der Waals surface area contributed by atoms with Crippen LogP contribution in [0.3, 0.4) is 0 Å². The molecule has 1 nitrogen and oxygen atoms in total. The fraction of sp³-hybridized carbons (Fsp3) is 0.385. The molecule has 3 atom stereocenters. The molecule has 3 rings (SSSR count). The largest absolute Gasteiger partial charge is 0.382 e. The second-order valence-corrected chi connectivity index (χ2v) is 5.74. The van der Waals surface area contributed by atoms with E-state index >= 15 is 0 Å².